The molecule has 2 aliphatic heterocycles. The standard InChI is InChI=1S/C49H80O18/c1-20-12-30(35(56)37(58)33(20)54)64-40-21(2)34(55)44(65-31(40)17-50)63-18-32-36(57)38(59)39(60)45(66-32)67-43(62)24-15-46(3,4)14-23-22(24)10-11-47(5)25(23)8-9-26-27(47)13-28(52)41-48(26,6)16-29(53)42(61)49(41,7)19-51/h8,20-24,26-42,44-45,50-61H,9-19H2,1-7H3/t20?,21-,22?,23?,24?,26?,27?,28?,29?,30-,31?,32?,33?,34-,35+,36+,37-,38+,39-,40-,41?,42?,44?,45?,47?,48?,49?/m0/s1. The number of allylic oxidation sites excluding steroid dienone is 2. The van der Waals surface area contributed by atoms with Crippen LogP contribution in [0.15, 0.2) is 11.6 Å². The van der Waals surface area contributed by atoms with Gasteiger partial charge in [-0.3, -0.25) is 4.79 Å². The Balaban J connectivity index is 0.942. The highest BCUT2D eigenvalue weighted by atomic mass is 16.7. The normalized spacial score (nSPS) is 55.2. The molecule has 0 amide bonds. The highest BCUT2D eigenvalue weighted by Crippen LogP contribution is 2.70. The third kappa shape index (κ3) is 8.69. The summed E-state index contributed by atoms with van der Waals surface area (Å²) in [5.74, 6) is -2.76. The van der Waals surface area contributed by atoms with Crippen molar-refractivity contribution in [2.45, 2.75) is 198 Å². The van der Waals surface area contributed by atoms with Crippen molar-refractivity contribution in [1.82, 2.24) is 0 Å². The van der Waals surface area contributed by atoms with Crippen LogP contribution in [-0.2, 0) is 28.5 Å². The molecule has 0 aromatic heterocycles. The molecule has 0 aromatic rings. The molecule has 18 heteroatoms. The number of esters is 1. The first-order valence-corrected chi connectivity index (χ1v) is 24.8. The number of hydrogen-bond donors (Lipinski definition) is 12. The predicted molar refractivity (Wildman–Crippen MR) is 235 cm³/mol. The average molecular weight is 957 g/mol. The molecule has 5 saturated carbocycles. The molecular weight excluding hydrogens is 877 g/mol. The van der Waals surface area contributed by atoms with Crippen molar-refractivity contribution in [2.75, 3.05) is 19.8 Å². The van der Waals surface area contributed by atoms with Gasteiger partial charge in [0.15, 0.2) is 6.29 Å². The third-order valence-electron chi connectivity index (χ3n) is 19.1. The summed E-state index contributed by atoms with van der Waals surface area (Å²) in [6, 6.07) is 0. The fourth-order valence-corrected chi connectivity index (χ4v) is 15.5. The van der Waals surface area contributed by atoms with Crippen LogP contribution in [0.2, 0.25) is 0 Å². The van der Waals surface area contributed by atoms with E-state index in [-0.39, 0.29) is 47.5 Å². The maximum absolute atomic E-state index is 14.5. The summed E-state index contributed by atoms with van der Waals surface area (Å²) in [4.78, 5) is 14.5. The lowest BCUT2D eigenvalue weighted by Crippen LogP contribution is -2.68. The van der Waals surface area contributed by atoms with Gasteiger partial charge in [0.2, 0.25) is 6.29 Å². The van der Waals surface area contributed by atoms with Gasteiger partial charge in [0.05, 0.1) is 62.4 Å². The predicted octanol–water partition coefficient (Wildman–Crippen LogP) is -0.513. The van der Waals surface area contributed by atoms with E-state index in [0.717, 1.165) is 12.8 Å². The van der Waals surface area contributed by atoms with Crippen LogP contribution >= 0.6 is 0 Å². The fourth-order valence-electron chi connectivity index (χ4n) is 15.5. The Kier molecular flexibility index (Phi) is 14.6. The number of fused-ring (bicyclic) bond motifs is 7. The van der Waals surface area contributed by atoms with Crippen LogP contribution in [-0.4, -0.2) is 185 Å². The molecule has 2 saturated heterocycles. The van der Waals surface area contributed by atoms with E-state index in [0.29, 0.717) is 32.1 Å². The molecule has 18 unspecified atom stereocenters. The first kappa shape index (κ1) is 51.9. The number of ether oxygens (including phenoxy) is 5. The highest BCUT2D eigenvalue weighted by Gasteiger charge is 2.68. The number of carbonyl (C=O) groups is 1. The summed E-state index contributed by atoms with van der Waals surface area (Å²) in [5, 5.41) is 131. The van der Waals surface area contributed by atoms with E-state index in [1.807, 2.05) is 0 Å². The Morgan fingerprint density at radius 1 is 0.746 bits per heavy atom. The second-order valence-electron chi connectivity index (χ2n) is 23.9. The van der Waals surface area contributed by atoms with E-state index in [9.17, 15) is 66.1 Å². The van der Waals surface area contributed by atoms with Crippen molar-refractivity contribution in [1.29, 1.82) is 0 Å². The molecule has 384 valence electrons. The summed E-state index contributed by atoms with van der Waals surface area (Å²) >= 11 is 0. The average Bonchev–Trinajstić information content (AvgIpc) is 3.27. The van der Waals surface area contributed by atoms with E-state index in [1.165, 1.54) is 5.57 Å². The molecule has 8 aliphatic rings. The van der Waals surface area contributed by atoms with Gasteiger partial charge < -0.3 is 85.0 Å². The molecule has 67 heavy (non-hydrogen) atoms. The number of carbonyl (C=O) groups excluding carboxylic acids is 1. The summed E-state index contributed by atoms with van der Waals surface area (Å²) < 4.78 is 29.8. The number of aliphatic hydroxyl groups excluding tert-OH is 12. The van der Waals surface area contributed by atoms with E-state index < -0.39 is 152 Å². The fraction of sp³-hybridized carbons (Fsp3) is 0.939. The largest absolute Gasteiger partial charge is 0.432 e. The zero-order valence-corrected chi connectivity index (χ0v) is 40.0. The second-order valence-corrected chi connectivity index (χ2v) is 23.9. The number of hydrogen-bond acceptors (Lipinski definition) is 18. The molecule has 27 atom stereocenters. The molecule has 0 spiro atoms. The van der Waals surface area contributed by atoms with Crippen molar-refractivity contribution in [3.8, 4) is 0 Å². The highest BCUT2D eigenvalue weighted by molar-refractivity contribution is 5.73. The molecule has 18 nitrogen and oxygen atoms in total. The Bertz CT molecular complexity index is 1800. The Morgan fingerprint density at radius 2 is 1.42 bits per heavy atom. The smallest absolute Gasteiger partial charge is 0.311 e. The Morgan fingerprint density at radius 3 is 2.09 bits per heavy atom. The van der Waals surface area contributed by atoms with Gasteiger partial charge in [-0.05, 0) is 97.2 Å². The SMILES string of the molecule is CC1C[C@H](O[C@@H]2C(CO)OC(OCC3OC(OC(=O)C4CC(C)(C)CC5C6=CCC7C(CC(O)C8C(C)(CO)C(O)C(O)CC78C)C6(C)CCC45)[C@@H](O)[C@H](O)[C@@H]3O)[C@@H](O)[C@@H]2C)[C@@H](O)[C@@H](O)C1O. The van der Waals surface area contributed by atoms with Crippen LogP contribution < -0.4 is 0 Å². The maximum atomic E-state index is 14.5. The number of aliphatic hydroxyl groups is 12. The van der Waals surface area contributed by atoms with Gasteiger partial charge in [0.1, 0.15) is 48.8 Å². The Labute approximate surface area is 393 Å². The number of rotatable bonds is 9. The molecular formula is C49H80O18. The van der Waals surface area contributed by atoms with E-state index in [2.05, 4.69) is 33.8 Å². The van der Waals surface area contributed by atoms with Crippen molar-refractivity contribution < 1.29 is 89.8 Å². The molecule has 6 aliphatic carbocycles. The molecule has 8 rings (SSSR count). The van der Waals surface area contributed by atoms with Crippen LogP contribution in [0.3, 0.4) is 0 Å². The summed E-state index contributed by atoms with van der Waals surface area (Å²) in [5.41, 5.74) is -0.998. The van der Waals surface area contributed by atoms with Crippen LogP contribution in [0.25, 0.3) is 0 Å². The molecule has 12 N–H and O–H groups in total. The topological polar surface area (TPSA) is 306 Å². The lowest BCUT2D eigenvalue weighted by atomic mass is 9.38. The van der Waals surface area contributed by atoms with Crippen LogP contribution in [0.5, 0.6) is 0 Å². The Hall–Kier alpha value is -1.43. The summed E-state index contributed by atoms with van der Waals surface area (Å²) in [6.07, 6.45) is -14.3. The lowest BCUT2D eigenvalue weighted by Gasteiger charge is -2.68. The van der Waals surface area contributed by atoms with Gasteiger partial charge >= 0.3 is 5.97 Å². The first-order valence-electron chi connectivity index (χ1n) is 24.8. The minimum absolute atomic E-state index is 0.00347. The molecule has 2 heterocycles. The quantitative estimate of drug-likeness (QED) is 0.102. The lowest BCUT2D eigenvalue weighted by molar-refractivity contribution is -0.330. The van der Waals surface area contributed by atoms with Gasteiger partial charge in [-0.25, -0.2) is 0 Å². The first-order chi connectivity index (χ1) is 31.3. The van der Waals surface area contributed by atoms with Gasteiger partial charge in [0, 0.05) is 17.3 Å². The zero-order valence-electron chi connectivity index (χ0n) is 40.0. The van der Waals surface area contributed by atoms with Crippen molar-refractivity contribution >= 4 is 5.97 Å². The molecule has 7 fully saturated rings. The van der Waals surface area contributed by atoms with Crippen LogP contribution in [0, 0.1) is 69.0 Å². The van der Waals surface area contributed by atoms with Crippen molar-refractivity contribution in [2.24, 2.45) is 69.0 Å². The monoisotopic (exact) mass is 957 g/mol. The van der Waals surface area contributed by atoms with Crippen LogP contribution in [0.4, 0.5) is 0 Å². The minimum Gasteiger partial charge on any atom is -0.432 e. The van der Waals surface area contributed by atoms with E-state index >= 15 is 0 Å². The summed E-state index contributed by atoms with van der Waals surface area (Å²) in [7, 11) is 0. The molecule has 0 radical (unpaired) electrons. The van der Waals surface area contributed by atoms with Crippen molar-refractivity contribution in [3.63, 3.8) is 0 Å². The van der Waals surface area contributed by atoms with Crippen LogP contribution in [0.1, 0.15) is 99.8 Å². The van der Waals surface area contributed by atoms with Gasteiger partial charge in [-0.15, -0.1) is 0 Å². The van der Waals surface area contributed by atoms with E-state index in [1.54, 1.807) is 20.8 Å². The molecule has 0 bridgehead atoms. The second kappa shape index (κ2) is 18.9. The van der Waals surface area contributed by atoms with Crippen molar-refractivity contribution in [3.05, 3.63) is 11.6 Å². The third-order valence-corrected chi connectivity index (χ3v) is 19.1. The van der Waals surface area contributed by atoms with E-state index in [4.69, 9.17) is 23.7 Å². The maximum Gasteiger partial charge on any atom is 0.311 e. The van der Waals surface area contributed by atoms with Gasteiger partial charge in [-0.2, -0.15) is 0 Å². The summed E-state index contributed by atoms with van der Waals surface area (Å²) in [6.45, 7) is 12.3. The molecule has 0 aromatic carbocycles. The zero-order chi connectivity index (χ0) is 49.0. The van der Waals surface area contributed by atoms with Gasteiger partial charge in [-0.1, -0.05) is 60.1 Å². The van der Waals surface area contributed by atoms with Gasteiger partial charge in [0.25, 0.3) is 0 Å². The minimum atomic E-state index is -1.81.